The summed E-state index contributed by atoms with van der Waals surface area (Å²) < 4.78 is 0. The second-order valence-electron chi connectivity index (χ2n) is 4.57. The number of anilines is 1. The number of aliphatic hydroxyl groups is 2. The highest BCUT2D eigenvalue weighted by atomic mass is 35.5. The van der Waals surface area contributed by atoms with Gasteiger partial charge in [-0.05, 0) is 18.4 Å². The van der Waals surface area contributed by atoms with Crippen LogP contribution in [0.3, 0.4) is 0 Å². The van der Waals surface area contributed by atoms with Gasteiger partial charge in [-0.25, -0.2) is 4.98 Å². The molecule has 2 N–H and O–H groups in total. The number of aromatic nitrogens is 1. The molecular formula is C12H17ClN2O2. The van der Waals surface area contributed by atoms with E-state index in [4.69, 9.17) is 16.7 Å². The van der Waals surface area contributed by atoms with Crippen LogP contribution in [0.1, 0.15) is 18.9 Å². The van der Waals surface area contributed by atoms with Gasteiger partial charge in [-0.3, -0.25) is 0 Å². The van der Waals surface area contributed by atoms with Crippen molar-refractivity contribution in [3.8, 4) is 0 Å². The zero-order valence-electron chi connectivity index (χ0n) is 9.80. The van der Waals surface area contributed by atoms with Crippen LogP contribution in [-0.2, 0) is 6.61 Å². The van der Waals surface area contributed by atoms with E-state index in [0.29, 0.717) is 23.0 Å². The van der Waals surface area contributed by atoms with Crippen molar-refractivity contribution >= 4 is 17.4 Å². The minimum atomic E-state index is -0.321. The van der Waals surface area contributed by atoms with Crippen LogP contribution in [0.25, 0.3) is 0 Å². The molecule has 1 aliphatic heterocycles. The molecule has 2 unspecified atom stereocenters. The Kier molecular flexibility index (Phi) is 3.86. The maximum atomic E-state index is 9.85. The van der Waals surface area contributed by atoms with E-state index in [9.17, 15) is 5.11 Å². The predicted molar refractivity (Wildman–Crippen MR) is 67.2 cm³/mol. The summed E-state index contributed by atoms with van der Waals surface area (Å²) in [5.41, 5.74) is 0.671. The zero-order chi connectivity index (χ0) is 12.4. The lowest BCUT2D eigenvalue weighted by Gasteiger charge is -2.35. The molecule has 1 saturated heterocycles. The zero-order valence-corrected chi connectivity index (χ0v) is 10.6. The van der Waals surface area contributed by atoms with Crippen molar-refractivity contribution in [2.75, 3.05) is 18.0 Å². The van der Waals surface area contributed by atoms with Crippen LogP contribution in [0.5, 0.6) is 0 Å². The Morgan fingerprint density at radius 3 is 3.00 bits per heavy atom. The number of rotatable bonds is 2. The average molecular weight is 257 g/mol. The highest BCUT2D eigenvalue weighted by Crippen LogP contribution is 2.25. The maximum absolute atomic E-state index is 9.85. The Morgan fingerprint density at radius 1 is 1.59 bits per heavy atom. The Morgan fingerprint density at radius 2 is 2.35 bits per heavy atom. The summed E-state index contributed by atoms with van der Waals surface area (Å²) in [6, 6.07) is 1.78. The lowest BCUT2D eigenvalue weighted by atomic mass is 9.96. The first-order chi connectivity index (χ1) is 8.11. The number of aliphatic hydroxyl groups excluding tert-OH is 2. The van der Waals surface area contributed by atoms with Gasteiger partial charge in [-0.2, -0.15) is 0 Å². The van der Waals surface area contributed by atoms with Gasteiger partial charge in [0.1, 0.15) is 5.82 Å². The van der Waals surface area contributed by atoms with Crippen molar-refractivity contribution in [3.05, 3.63) is 22.8 Å². The standard InChI is InChI=1S/C12H17ClN2O2/c1-8-2-3-15(6-11(8)17)12-4-9(7-16)10(13)5-14-12/h4-5,8,11,16-17H,2-3,6-7H2,1H3. The molecule has 2 rings (SSSR count). The molecule has 2 atom stereocenters. The molecule has 0 bridgehead atoms. The van der Waals surface area contributed by atoms with Crippen molar-refractivity contribution in [1.29, 1.82) is 0 Å². The Balaban J connectivity index is 2.17. The van der Waals surface area contributed by atoms with E-state index < -0.39 is 0 Å². The molecule has 0 saturated carbocycles. The van der Waals surface area contributed by atoms with E-state index in [1.807, 2.05) is 4.90 Å². The second kappa shape index (κ2) is 5.21. The second-order valence-corrected chi connectivity index (χ2v) is 4.98. The highest BCUT2D eigenvalue weighted by Gasteiger charge is 2.25. The quantitative estimate of drug-likeness (QED) is 0.841. The van der Waals surface area contributed by atoms with Crippen molar-refractivity contribution in [2.45, 2.75) is 26.1 Å². The molecular weight excluding hydrogens is 240 g/mol. The number of hydrogen-bond donors (Lipinski definition) is 2. The summed E-state index contributed by atoms with van der Waals surface area (Å²) in [5.74, 6) is 1.10. The molecule has 2 heterocycles. The number of pyridine rings is 1. The van der Waals surface area contributed by atoms with Crippen LogP contribution in [0.4, 0.5) is 5.82 Å². The Hall–Kier alpha value is -0.840. The van der Waals surface area contributed by atoms with Crippen molar-refractivity contribution in [3.63, 3.8) is 0 Å². The lowest BCUT2D eigenvalue weighted by Crippen LogP contribution is -2.43. The van der Waals surface area contributed by atoms with Gasteiger partial charge in [0.05, 0.1) is 17.7 Å². The SMILES string of the molecule is CC1CCN(c2cc(CO)c(Cl)cn2)CC1O. The fraction of sp³-hybridized carbons (Fsp3) is 0.583. The first kappa shape index (κ1) is 12.6. The first-order valence-electron chi connectivity index (χ1n) is 5.80. The third-order valence-electron chi connectivity index (χ3n) is 3.33. The fourth-order valence-electron chi connectivity index (χ4n) is 2.02. The Bertz CT molecular complexity index is 400. The van der Waals surface area contributed by atoms with E-state index in [0.717, 1.165) is 18.8 Å². The number of nitrogens with zero attached hydrogens (tertiary/aromatic N) is 2. The van der Waals surface area contributed by atoms with Crippen LogP contribution in [-0.4, -0.2) is 34.4 Å². The van der Waals surface area contributed by atoms with Crippen molar-refractivity contribution in [2.24, 2.45) is 5.92 Å². The van der Waals surface area contributed by atoms with Gasteiger partial charge in [0.25, 0.3) is 0 Å². The molecule has 0 aromatic carbocycles. The van der Waals surface area contributed by atoms with Gasteiger partial charge in [0, 0.05) is 24.8 Å². The molecule has 0 spiro atoms. The topological polar surface area (TPSA) is 56.6 Å². The maximum Gasteiger partial charge on any atom is 0.129 e. The van der Waals surface area contributed by atoms with Crippen LogP contribution in [0.2, 0.25) is 5.02 Å². The van der Waals surface area contributed by atoms with Gasteiger partial charge in [0.15, 0.2) is 0 Å². The third kappa shape index (κ3) is 2.70. The molecule has 17 heavy (non-hydrogen) atoms. The van der Waals surface area contributed by atoms with Crippen LogP contribution in [0.15, 0.2) is 12.3 Å². The van der Waals surface area contributed by atoms with Crippen LogP contribution in [0, 0.1) is 5.92 Å². The predicted octanol–water partition coefficient (Wildman–Crippen LogP) is 1.43. The summed E-state index contributed by atoms with van der Waals surface area (Å²) in [5, 5.41) is 19.5. The molecule has 5 heteroatoms. The number of piperidine rings is 1. The summed E-state index contributed by atoms with van der Waals surface area (Å²) >= 11 is 5.90. The molecule has 1 aromatic rings. The minimum Gasteiger partial charge on any atom is -0.392 e. The highest BCUT2D eigenvalue weighted by molar-refractivity contribution is 6.31. The van der Waals surface area contributed by atoms with E-state index in [2.05, 4.69) is 11.9 Å². The summed E-state index contributed by atoms with van der Waals surface area (Å²) in [6.45, 7) is 3.41. The largest absolute Gasteiger partial charge is 0.392 e. The number of β-amino-alcohol motifs (C(OH)–C–C–N with tert-alkyl or cyclic N) is 1. The third-order valence-corrected chi connectivity index (χ3v) is 3.67. The molecule has 4 nitrogen and oxygen atoms in total. The summed E-state index contributed by atoms with van der Waals surface area (Å²) in [4.78, 5) is 6.27. The van der Waals surface area contributed by atoms with Gasteiger partial charge in [-0.15, -0.1) is 0 Å². The lowest BCUT2D eigenvalue weighted by molar-refractivity contribution is 0.102. The van der Waals surface area contributed by atoms with Crippen LogP contribution >= 0.6 is 11.6 Å². The van der Waals surface area contributed by atoms with Gasteiger partial charge >= 0.3 is 0 Å². The van der Waals surface area contributed by atoms with Gasteiger partial charge in [-0.1, -0.05) is 18.5 Å². The van der Waals surface area contributed by atoms with Gasteiger partial charge < -0.3 is 15.1 Å². The fourth-order valence-corrected chi connectivity index (χ4v) is 2.18. The van der Waals surface area contributed by atoms with Crippen LogP contribution < -0.4 is 4.90 Å². The van der Waals surface area contributed by atoms with E-state index >= 15 is 0 Å². The molecule has 94 valence electrons. The van der Waals surface area contributed by atoms with E-state index in [1.165, 1.54) is 0 Å². The molecule has 0 radical (unpaired) electrons. The van der Waals surface area contributed by atoms with Crippen molar-refractivity contribution < 1.29 is 10.2 Å². The normalized spacial score (nSPS) is 25.1. The Labute approximate surface area is 106 Å². The number of hydrogen-bond acceptors (Lipinski definition) is 4. The van der Waals surface area contributed by atoms with Gasteiger partial charge in [0.2, 0.25) is 0 Å². The molecule has 0 aliphatic carbocycles. The smallest absolute Gasteiger partial charge is 0.129 e. The molecule has 0 amide bonds. The summed E-state index contributed by atoms with van der Waals surface area (Å²) in [7, 11) is 0. The molecule has 1 aliphatic rings. The minimum absolute atomic E-state index is 0.0961. The molecule has 1 fully saturated rings. The summed E-state index contributed by atoms with van der Waals surface area (Å²) in [6.07, 6.45) is 2.17. The average Bonchev–Trinajstić information content (AvgIpc) is 2.33. The van der Waals surface area contributed by atoms with E-state index in [1.54, 1.807) is 12.3 Å². The first-order valence-corrected chi connectivity index (χ1v) is 6.18. The number of halogens is 1. The monoisotopic (exact) mass is 256 g/mol. The molecule has 1 aromatic heterocycles. The van der Waals surface area contributed by atoms with E-state index in [-0.39, 0.29) is 12.7 Å². The van der Waals surface area contributed by atoms with Crippen molar-refractivity contribution in [1.82, 2.24) is 4.98 Å².